The Labute approximate surface area is 253 Å². The lowest BCUT2D eigenvalue weighted by molar-refractivity contribution is -0.140. The summed E-state index contributed by atoms with van der Waals surface area (Å²) in [5.41, 5.74) is 10.6. The average Bonchev–Trinajstić information content (AvgIpc) is 3.69. The van der Waals surface area contributed by atoms with Crippen molar-refractivity contribution in [3.63, 3.8) is 0 Å². The highest BCUT2D eigenvalue weighted by atomic mass is 16.6. The van der Waals surface area contributed by atoms with Gasteiger partial charge in [-0.2, -0.15) is 0 Å². The molecule has 3 saturated heterocycles. The number of hydrogen-bond donors (Lipinski definition) is 3. The zero-order valence-electron chi connectivity index (χ0n) is 25.1. The molecule has 6 rings (SSSR count). The molecule has 43 heavy (non-hydrogen) atoms. The molecule has 0 spiro atoms. The first-order valence-electron chi connectivity index (χ1n) is 15.8. The monoisotopic (exact) mass is 588 g/mol. The molecule has 4 amide bonds. The number of fused-ring (bicyclic) bond motifs is 1. The van der Waals surface area contributed by atoms with E-state index in [0.717, 1.165) is 54.7 Å². The number of aryl methyl sites for hydroxylation is 1. The Morgan fingerprint density at radius 2 is 1.79 bits per heavy atom. The highest BCUT2D eigenvalue weighted by Crippen LogP contribution is 2.30. The Bertz CT molecular complexity index is 1340. The number of anilines is 2. The Kier molecular flexibility index (Phi) is 8.74. The molecule has 0 aromatic heterocycles. The van der Waals surface area contributed by atoms with Crippen LogP contribution >= 0.6 is 0 Å². The molecule has 0 bridgehead atoms. The predicted molar refractivity (Wildman–Crippen MR) is 166 cm³/mol. The molecule has 2 aromatic rings. The number of carbonyl (C=O) groups is 3. The van der Waals surface area contributed by atoms with Gasteiger partial charge in [-0.05, 0) is 92.8 Å². The second kappa shape index (κ2) is 12.8. The summed E-state index contributed by atoms with van der Waals surface area (Å²) in [6, 6.07) is 13.6. The lowest BCUT2D eigenvalue weighted by Crippen LogP contribution is -2.51. The smallest absolute Gasteiger partial charge is 0.410 e. The lowest BCUT2D eigenvalue weighted by Gasteiger charge is -2.38. The van der Waals surface area contributed by atoms with Gasteiger partial charge in [-0.3, -0.25) is 4.79 Å². The third kappa shape index (κ3) is 6.59. The average molecular weight is 589 g/mol. The van der Waals surface area contributed by atoms with Gasteiger partial charge in [0.15, 0.2) is 6.10 Å². The van der Waals surface area contributed by atoms with Gasteiger partial charge in [0.25, 0.3) is 5.91 Å². The third-order valence-electron chi connectivity index (χ3n) is 9.88. The molecular weight excluding hydrogens is 544 g/mol. The first-order valence-corrected chi connectivity index (χ1v) is 15.8. The van der Waals surface area contributed by atoms with Crippen molar-refractivity contribution in [3.05, 3.63) is 59.2 Å². The number of urea groups is 1. The van der Waals surface area contributed by atoms with Crippen LogP contribution in [0.2, 0.25) is 0 Å². The first-order chi connectivity index (χ1) is 20.9. The van der Waals surface area contributed by atoms with Gasteiger partial charge in [0, 0.05) is 56.6 Å². The number of carbonyl (C=O) groups excluding carboxylic acids is 3. The van der Waals surface area contributed by atoms with E-state index in [9.17, 15) is 14.4 Å². The van der Waals surface area contributed by atoms with E-state index in [0.29, 0.717) is 69.5 Å². The van der Waals surface area contributed by atoms with E-state index in [1.54, 1.807) is 4.90 Å². The number of hydrogen-bond acceptors (Lipinski definition) is 6. The first kappa shape index (κ1) is 29.3. The summed E-state index contributed by atoms with van der Waals surface area (Å²) in [4.78, 5) is 45.8. The van der Waals surface area contributed by atoms with Crippen molar-refractivity contribution in [1.29, 1.82) is 0 Å². The minimum absolute atomic E-state index is 0.0418. The zero-order chi connectivity index (χ0) is 29.9. The van der Waals surface area contributed by atoms with Crippen molar-refractivity contribution < 1.29 is 19.1 Å². The summed E-state index contributed by atoms with van der Waals surface area (Å²) < 4.78 is 6.02. The van der Waals surface area contributed by atoms with Gasteiger partial charge in [0.2, 0.25) is 0 Å². The molecule has 4 aliphatic heterocycles. The number of para-hydroxylation sites is 1. The zero-order valence-corrected chi connectivity index (χ0v) is 25.1. The number of nitrogens with zero attached hydrogens (tertiary/aromatic N) is 3. The van der Waals surface area contributed by atoms with E-state index in [4.69, 9.17) is 10.5 Å². The number of piperidine rings is 1. The molecule has 0 saturated carbocycles. The Balaban J connectivity index is 1.08. The molecule has 3 fully saturated rings. The van der Waals surface area contributed by atoms with Gasteiger partial charge in [-0.25, -0.2) is 9.59 Å². The van der Waals surface area contributed by atoms with E-state index < -0.39 is 12.2 Å². The van der Waals surface area contributed by atoms with Crippen LogP contribution in [-0.4, -0.2) is 90.7 Å². The van der Waals surface area contributed by atoms with E-state index in [1.165, 1.54) is 0 Å². The minimum atomic E-state index is -0.899. The van der Waals surface area contributed by atoms with Gasteiger partial charge in [0.1, 0.15) is 0 Å². The topological polar surface area (TPSA) is 120 Å². The van der Waals surface area contributed by atoms with E-state index in [2.05, 4.69) is 16.7 Å². The molecule has 230 valence electrons. The summed E-state index contributed by atoms with van der Waals surface area (Å²) in [5, 5.41) is 6.49. The van der Waals surface area contributed by atoms with Crippen molar-refractivity contribution in [3.8, 4) is 0 Å². The van der Waals surface area contributed by atoms with Crippen LogP contribution in [0, 0.1) is 18.8 Å². The van der Waals surface area contributed by atoms with E-state index in [-0.39, 0.29) is 18.0 Å². The number of ether oxygens (including phenoxy) is 1. The van der Waals surface area contributed by atoms with Crippen LogP contribution in [0.4, 0.5) is 21.0 Å². The highest BCUT2D eigenvalue weighted by Gasteiger charge is 2.38. The SMILES string of the molecule is Cc1cc(C[C@@H](OC(=O)N2CCC(N3CCc4ccccc4NC3=O)CC2)C(=O)N2CCC(C3CCNC3)C2)ccc1N. The molecule has 0 aliphatic carbocycles. The van der Waals surface area contributed by atoms with Gasteiger partial charge in [0.05, 0.1) is 0 Å². The van der Waals surface area contributed by atoms with E-state index in [1.807, 2.05) is 53.1 Å². The maximum atomic E-state index is 13.8. The summed E-state index contributed by atoms with van der Waals surface area (Å²) in [6.45, 7) is 7.00. The predicted octanol–water partition coefficient (Wildman–Crippen LogP) is 3.64. The van der Waals surface area contributed by atoms with Crippen LogP contribution in [0.1, 0.15) is 42.4 Å². The molecule has 10 heteroatoms. The number of benzene rings is 2. The molecule has 3 atom stereocenters. The fourth-order valence-corrected chi connectivity index (χ4v) is 7.21. The van der Waals surface area contributed by atoms with Crippen LogP contribution < -0.4 is 16.4 Å². The van der Waals surface area contributed by atoms with Gasteiger partial charge in [-0.1, -0.05) is 30.3 Å². The fourth-order valence-electron chi connectivity index (χ4n) is 7.21. The molecule has 4 N–H and O–H groups in total. The molecule has 4 heterocycles. The van der Waals surface area contributed by atoms with Crippen molar-refractivity contribution in [1.82, 2.24) is 20.0 Å². The van der Waals surface area contributed by atoms with Crippen LogP contribution in [-0.2, 0) is 22.4 Å². The highest BCUT2D eigenvalue weighted by molar-refractivity contribution is 5.91. The third-order valence-corrected chi connectivity index (χ3v) is 9.88. The molecule has 10 nitrogen and oxygen atoms in total. The molecule has 4 aliphatic rings. The Morgan fingerprint density at radius 3 is 2.56 bits per heavy atom. The number of likely N-dealkylation sites (tertiary alicyclic amines) is 2. The standard InChI is InChI=1S/C33H44N6O4/c1-22-18-23(6-7-28(22)34)19-30(31(40)38-14-9-26(21-38)25-8-13-35-20-25)43-33(42)37-15-11-27(12-16-37)39-17-10-24-4-2-3-5-29(24)36-32(39)41/h2-7,18,25-27,30,35H,8-17,19-21,34H2,1H3,(H,36,41)/t25?,26?,30-/m1/s1. The van der Waals surface area contributed by atoms with Gasteiger partial charge in [-0.15, -0.1) is 0 Å². The lowest BCUT2D eigenvalue weighted by atomic mass is 9.91. The van der Waals surface area contributed by atoms with Crippen molar-refractivity contribution in [2.75, 3.05) is 56.9 Å². The molecule has 2 unspecified atom stereocenters. The van der Waals surface area contributed by atoms with Crippen molar-refractivity contribution in [2.24, 2.45) is 11.8 Å². The number of nitrogens with two attached hydrogens (primary N) is 1. The van der Waals surface area contributed by atoms with Crippen LogP contribution in [0.3, 0.4) is 0 Å². The minimum Gasteiger partial charge on any atom is -0.436 e. The summed E-state index contributed by atoms with van der Waals surface area (Å²) in [5.74, 6) is 0.962. The summed E-state index contributed by atoms with van der Waals surface area (Å²) in [6.07, 6.45) is 3.20. The maximum absolute atomic E-state index is 13.8. The second-order valence-electron chi connectivity index (χ2n) is 12.6. The van der Waals surface area contributed by atoms with Gasteiger partial charge < -0.3 is 35.8 Å². The van der Waals surface area contributed by atoms with E-state index >= 15 is 0 Å². The number of amides is 4. The normalized spacial score (nSPS) is 23.5. The van der Waals surface area contributed by atoms with Gasteiger partial charge >= 0.3 is 12.1 Å². The summed E-state index contributed by atoms with van der Waals surface area (Å²) in [7, 11) is 0. The van der Waals surface area contributed by atoms with Crippen LogP contribution in [0.5, 0.6) is 0 Å². The van der Waals surface area contributed by atoms with Crippen molar-refractivity contribution in [2.45, 2.75) is 57.6 Å². The van der Waals surface area contributed by atoms with Crippen LogP contribution in [0.15, 0.2) is 42.5 Å². The number of rotatable bonds is 6. The van der Waals surface area contributed by atoms with Crippen molar-refractivity contribution >= 4 is 29.4 Å². The molecule has 2 aromatic carbocycles. The summed E-state index contributed by atoms with van der Waals surface area (Å²) >= 11 is 0. The quantitative estimate of drug-likeness (QED) is 0.444. The van der Waals surface area contributed by atoms with Crippen LogP contribution in [0.25, 0.3) is 0 Å². The Morgan fingerprint density at radius 1 is 1.00 bits per heavy atom. The Hall–Kier alpha value is -3.79. The fraction of sp³-hybridized carbons (Fsp3) is 0.545. The number of nitrogen functional groups attached to an aromatic ring is 1. The molecular formula is C33H44N6O4. The maximum Gasteiger partial charge on any atom is 0.410 e. The second-order valence-corrected chi connectivity index (χ2v) is 12.6. The largest absolute Gasteiger partial charge is 0.436 e. The number of nitrogens with one attached hydrogen (secondary N) is 2. The molecule has 0 radical (unpaired) electrons.